The van der Waals surface area contributed by atoms with Crippen LogP contribution in [0.25, 0.3) is 0 Å². The van der Waals surface area contributed by atoms with Crippen molar-refractivity contribution in [3.8, 4) is 0 Å². The second-order valence-corrected chi connectivity index (χ2v) is 4.16. The average Bonchev–Trinajstić information content (AvgIpc) is 2.37. The van der Waals surface area contributed by atoms with Gasteiger partial charge in [0, 0.05) is 12.3 Å². The van der Waals surface area contributed by atoms with Crippen LogP contribution in [-0.4, -0.2) is 6.54 Å². The van der Waals surface area contributed by atoms with Crippen LogP contribution in [-0.2, 0) is 0 Å². The number of rotatable bonds is 4. The average molecular weight is 266 g/mol. The minimum Gasteiger partial charge on any atom is -1.00 e. The van der Waals surface area contributed by atoms with Crippen LogP contribution in [0.15, 0.2) is 54.6 Å². The zero-order valence-electron chi connectivity index (χ0n) is 10.2. The first-order valence-electron chi connectivity index (χ1n) is 5.91. The van der Waals surface area contributed by atoms with Crippen LogP contribution in [0.1, 0.15) is 23.5 Å². The van der Waals surface area contributed by atoms with Crippen LogP contribution >= 0.6 is 0 Å². The topological polar surface area (TPSA) is 27.6 Å². The number of halogens is 2. The molecule has 0 saturated carbocycles. The Morgan fingerprint density at radius 1 is 0.944 bits per heavy atom. The maximum atomic E-state index is 13.3. The third-order valence-corrected chi connectivity index (χ3v) is 2.95. The molecule has 0 saturated heterocycles. The summed E-state index contributed by atoms with van der Waals surface area (Å²) in [6, 6.07) is 17.1. The maximum absolute atomic E-state index is 13.3. The second-order valence-electron chi connectivity index (χ2n) is 4.16. The molecule has 0 aromatic heterocycles. The van der Waals surface area contributed by atoms with Gasteiger partial charge in [-0.1, -0.05) is 42.5 Å². The van der Waals surface area contributed by atoms with E-state index in [1.54, 1.807) is 12.1 Å². The summed E-state index contributed by atoms with van der Waals surface area (Å²) in [5.74, 6) is 0.0666. The molecule has 2 aromatic rings. The second kappa shape index (κ2) is 7.14. The summed E-state index contributed by atoms with van der Waals surface area (Å²) in [6.45, 7) is 0.843. The molecule has 0 fully saturated rings. The van der Waals surface area contributed by atoms with Gasteiger partial charge in [-0.05, 0) is 23.3 Å². The van der Waals surface area contributed by atoms with Crippen LogP contribution in [0.2, 0.25) is 0 Å². The van der Waals surface area contributed by atoms with Gasteiger partial charge in [-0.15, -0.1) is 0 Å². The Kier molecular flexibility index (Phi) is 5.83. The normalized spacial score (nSPS) is 11.7. The molecule has 0 aliphatic heterocycles. The minimum atomic E-state index is -0.174. The number of quaternary nitrogens is 1. The highest BCUT2D eigenvalue weighted by molar-refractivity contribution is 5.32. The molecule has 2 rings (SSSR count). The van der Waals surface area contributed by atoms with Crippen molar-refractivity contribution in [2.24, 2.45) is 0 Å². The van der Waals surface area contributed by atoms with E-state index in [9.17, 15) is 4.39 Å². The highest BCUT2D eigenvalue weighted by atomic mass is 35.5. The Morgan fingerprint density at radius 3 is 2.22 bits per heavy atom. The van der Waals surface area contributed by atoms with Crippen LogP contribution in [0.3, 0.4) is 0 Å². The molecule has 0 amide bonds. The molecule has 96 valence electrons. The molecule has 1 nitrogen and oxygen atoms in total. The van der Waals surface area contributed by atoms with E-state index in [4.69, 9.17) is 0 Å². The molecule has 2 aromatic carbocycles. The predicted octanol–water partition coefficient (Wildman–Crippen LogP) is -0.406. The molecular weight excluding hydrogens is 249 g/mol. The van der Waals surface area contributed by atoms with Crippen molar-refractivity contribution >= 4 is 0 Å². The molecule has 0 spiro atoms. The predicted molar refractivity (Wildman–Crippen MR) is 67.1 cm³/mol. The van der Waals surface area contributed by atoms with E-state index in [0.29, 0.717) is 0 Å². The Hall–Kier alpha value is -1.38. The van der Waals surface area contributed by atoms with Gasteiger partial charge < -0.3 is 18.1 Å². The number of hydrogen-bond acceptors (Lipinski definition) is 0. The zero-order chi connectivity index (χ0) is 12.1. The summed E-state index contributed by atoms with van der Waals surface area (Å²) in [7, 11) is 0. The quantitative estimate of drug-likeness (QED) is 0.779. The molecule has 1 unspecified atom stereocenters. The van der Waals surface area contributed by atoms with Gasteiger partial charge >= 0.3 is 0 Å². The molecule has 0 heterocycles. The minimum absolute atomic E-state index is 0. The number of benzene rings is 2. The van der Waals surface area contributed by atoms with Gasteiger partial charge in [0.05, 0.1) is 6.54 Å². The monoisotopic (exact) mass is 265 g/mol. The third-order valence-electron chi connectivity index (χ3n) is 2.95. The maximum Gasteiger partial charge on any atom is 0.123 e. The van der Waals surface area contributed by atoms with E-state index >= 15 is 0 Å². The van der Waals surface area contributed by atoms with E-state index < -0.39 is 0 Å². The molecule has 3 N–H and O–H groups in total. The lowest BCUT2D eigenvalue weighted by atomic mass is 9.88. The first kappa shape index (κ1) is 14.7. The van der Waals surface area contributed by atoms with Gasteiger partial charge in [0.1, 0.15) is 5.82 Å². The Morgan fingerprint density at radius 2 is 1.61 bits per heavy atom. The molecule has 1 atom stereocenters. The van der Waals surface area contributed by atoms with Crippen LogP contribution in [0.4, 0.5) is 4.39 Å². The summed E-state index contributed by atoms with van der Waals surface area (Å²) in [5, 5.41) is 0. The van der Waals surface area contributed by atoms with Gasteiger partial charge in [0.15, 0.2) is 0 Å². The lowest BCUT2D eigenvalue weighted by molar-refractivity contribution is -0.368. The largest absolute Gasteiger partial charge is 1.00 e. The highest BCUT2D eigenvalue weighted by Gasteiger charge is 2.14. The molecule has 3 heteroatoms. The Balaban J connectivity index is 0.00000162. The van der Waals surface area contributed by atoms with E-state index in [0.717, 1.165) is 18.5 Å². The van der Waals surface area contributed by atoms with Crippen molar-refractivity contribution in [3.63, 3.8) is 0 Å². The van der Waals surface area contributed by atoms with E-state index in [2.05, 4.69) is 17.9 Å². The van der Waals surface area contributed by atoms with Crippen molar-refractivity contribution in [2.45, 2.75) is 12.3 Å². The van der Waals surface area contributed by atoms with Crippen molar-refractivity contribution in [1.29, 1.82) is 0 Å². The molecule has 0 aliphatic carbocycles. The molecular formula is C15H17ClFN. The van der Waals surface area contributed by atoms with Crippen LogP contribution in [0.5, 0.6) is 0 Å². The fourth-order valence-electron chi connectivity index (χ4n) is 2.14. The smallest absolute Gasteiger partial charge is 0.123 e. The van der Waals surface area contributed by atoms with Gasteiger partial charge in [-0.2, -0.15) is 0 Å². The first-order chi connectivity index (χ1) is 8.31. The third kappa shape index (κ3) is 3.56. The van der Waals surface area contributed by atoms with E-state index in [1.807, 2.05) is 24.3 Å². The van der Waals surface area contributed by atoms with Gasteiger partial charge in [0.2, 0.25) is 0 Å². The molecule has 0 bridgehead atoms. The molecule has 0 radical (unpaired) electrons. The number of hydrogen-bond donors (Lipinski definition) is 1. The van der Waals surface area contributed by atoms with Crippen molar-refractivity contribution in [3.05, 3.63) is 71.5 Å². The van der Waals surface area contributed by atoms with Crippen molar-refractivity contribution in [1.82, 2.24) is 0 Å². The zero-order valence-corrected chi connectivity index (χ0v) is 10.9. The van der Waals surface area contributed by atoms with E-state index in [1.165, 1.54) is 11.6 Å². The summed E-state index contributed by atoms with van der Waals surface area (Å²) >= 11 is 0. The van der Waals surface area contributed by atoms with Gasteiger partial charge in [-0.3, -0.25) is 0 Å². The van der Waals surface area contributed by atoms with Crippen LogP contribution in [0, 0.1) is 5.82 Å². The van der Waals surface area contributed by atoms with Crippen molar-refractivity contribution < 1.29 is 22.5 Å². The standard InChI is InChI=1S/C15H16FN.ClH/c16-14-8-4-7-13(11-14)15(9-10-17)12-5-2-1-3-6-12;/h1-8,11,15H,9-10,17H2;1H. The van der Waals surface area contributed by atoms with Crippen LogP contribution < -0.4 is 18.1 Å². The SMILES string of the molecule is [Cl-].[NH3+]CCC(c1ccccc1)c1cccc(F)c1. The molecule has 0 aliphatic rings. The molecule has 18 heavy (non-hydrogen) atoms. The summed E-state index contributed by atoms with van der Waals surface area (Å²) in [6.07, 6.45) is 0.938. The first-order valence-corrected chi connectivity index (χ1v) is 5.91. The fraction of sp³-hybridized carbons (Fsp3) is 0.200. The van der Waals surface area contributed by atoms with Gasteiger partial charge in [0.25, 0.3) is 0 Å². The van der Waals surface area contributed by atoms with E-state index in [-0.39, 0.29) is 24.1 Å². The summed E-state index contributed by atoms with van der Waals surface area (Å²) in [5.41, 5.74) is 6.16. The highest BCUT2D eigenvalue weighted by Crippen LogP contribution is 2.27. The summed E-state index contributed by atoms with van der Waals surface area (Å²) < 4.78 is 13.3. The summed E-state index contributed by atoms with van der Waals surface area (Å²) in [4.78, 5) is 0. The Labute approximate surface area is 113 Å². The fourth-order valence-corrected chi connectivity index (χ4v) is 2.14. The lowest BCUT2D eigenvalue weighted by Gasteiger charge is -2.16. The van der Waals surface area contributed by atoms with Crippen molar-refractivity contribution in [2.75, 3.05) is 6.54 Å². The lowest BCUT2D eigenvalue weighted by Crippen LogP contribution is -3.00. The Bertz CT molecular complexity index is 473. The van der Waals surface area contributed by atoms with Gasteiger partial charge in [-0.25, -0.2) is 4.39 Å².